The predicted molar refractivity (Wildman–Crippen MR) is 89.4 cm³/mol. The summed E-state index contributed by atoms with van der Waals surface area (Å²) in [6, 6.07) is 8.93. The maximum Gasteiger partial charge on any atom is 0.282 e. The molecule has 116 valence electrons. The van der Waals surface area contributed by atoms with Crippen molar-refractivity contribution in [1.29, 1.82) is 0 Å². The molecule has 1 aromatic carbocycles. The fourth-order valence-electron chi connectivity index (χ4n) is 2.16. The van der Waals surface area contributed by atoms with Crippen molar-refractivity contribution in [3.8, 4) is 0 Å². The average molecular weight is 317 g/mol. The average Bonchev–Trinajstić information content (AvgIpc) is 2.99. The molecule has 1 heterocycles. The zero-order valence-electron chi connectivity index (χ0n) is 13.1. The summed E-state index contributed by atoms with van der Waals surface area (Å²) in [5.74, 6) is -0.0576. The molecule has 2 aromatic rings. The first-order valence-corrected chi connectivity index (χ1v) is 8.17. The molecule has 0 saturated heterocycles. The number of hydrogen-bond acceptors (Lipinski definition) is 3. The Morgan fingerprint density at radius 3 is 2.73 bits per heavy atom. The van der Waals surface area contributed by atoms with Gasteiger partial charge in [-0.05, 0) is 42.8 Å². The van der Waals surface area contributed by atoms with Crippen LogP contribution in [0.4, 0.5) is 5.69 Å². The van der Waals surface area contributed by atoms with Gasteiger partial charge in [-0.2, -0.15) is 11.3 Å². The van der Waals surface area contributed by atoms with Gasteiger partial charge >= 0.3 is 0 Å². The summed E-state index contributed by atoms with van der Waals surface area (Å²) < 4.78 is 0. The van der Waals surface area contributed by atoms with Crippen LogP contribution in [0.2, 0.25) is 0 Å². The number of carbonyl (C=O) groups is 2. The summed E-state index contributed by atoms with van der Waals surface area (Å²) in [6.07, 6.45) is 0. The van der Waals surface area contributed by atoms with Gasteiger partial charge in [0.05, 0.1) is 7.05 Å². The summed E-state index contributed by atoms with van der Waals surface area (Å²) in [5.41, 5.74) is 2.50. The molecule has 22 heavy (non-hydrogen) atoms. The molecule has 0 spiro atoms. The van der Waals surface area contributed by atoms with Crippen molar-refractivity contribution in [2.45, 2.75) is 26.4 Å². The maximum atomic E-state index is 12.3. The van der Waals surface area contributed by atoms with E-state index in [1.807, 2.05) is 19.4 Å². The second kappa shape index (κ2) is 7.33. The van der Waals surface area contributed by atoms with E-state index in [9.17, 15) is 9.59 Å². The van der Waals surface area contributed by atoms with E-state index in [0.717, 1.165) is 11.4 Å². The third kappa shape index (κ3) is 4.26. The van der Waals surface area contributed by atoms with Crippen molar-refractivity contribution >= 4 is 28.7 Å². The van der Waals surface area contributed by atoms with Crippen LogP contribution in [-0.2, 0) is 11.3 Å². The third-order valence-corrected chi connectivity index (χ3v) is 4.46. The minimum atomic E-state index is -0.180. The normalized spacial score (nSPS) is 13.4. The Labute approximate surface area is 134 Å². The van der Waals surface area contributed by atoms with Gasteiger partial charge < -0.3 is 10.2 Å². The maximum absolute atomic E-state index is 12.3. The predicted octanol–water partition coefficient (Wildman–Crippen LogP) is 1.99. The SMILES string of the molecule is CC(=O)c1cccc(NC(=O)[C@@H](C)[NH+](C)Cc2ccsc2)c1. The Bertz CT molecular complexity index is 652. The van der Waals surface area contributed by atoms with Crippen LogP contribution in [0.5, 0.6) is 0 Å². The van der Waals surface area contributed by atoms with E-state index in [-0.39, 0.29) is 17.7 Å². The van der Waals surface area contributed by atoms with E-state index in [1.54, 1.807) is 35.6 Å². The van der Waals surface area contributed by atoms with E-state index in [0.29, 0.717) is 11.3 Å². The number of carbonyl (C=O) groups excluding carboxylic acids is 2. The van der Waals surface area contributed by atoms with Gasteiger partial charge in [-0.1, -0.05) is 12.1 Å². The Kier molecular flexibility index (Phi) is 5.46. The number of amides is 1. The molecule has 0 fully saturated rings. The van der Waals surface area contributed by atoms with Crippen molar-refractivity contribution in [3.63, 3.8) is 0 Å². The van der Waals surface area contributed by atoms with Crippen molar-refractivity contribution < 1.29 is 14.5 Å². The lowest BCUT2D eigenvalue weighted by Crippen LogP contribution is -3.12. The Balaban J connectivity index is 1.98. The van der Waals surface area contributed by atoms with E-state index in [4.69, 9.17) is 0 Å². The zero-order valence-corrected chi connectivity index (χ0v) is 13.9. The van der Waals surface area contributed by atoms with Crippen molar-refractivity contribution in [1.82, 2.24) is 0 Å². The number of anilines is 1. The van der Waals surface area contributed by atoms with Gasteiger partial charge in [0, 0.05) is 16.8 Å². The molecular formula is C17H21N2O2S+. The molecule has 1 aromatic heterocycles. The molecule has 2 rings (SSSR count). The lowest BCUT2D eigenvalue weighted by Gasteiger charge is -2.20. The van der Waals surface area contributed by atoms with Crippen molar-refractivity contribution in [2.24, 2.45) is 0 Å². The first-order valence-electron chi connectivity index (χ1n) is 7.22. The molecular weight excluding hydrogens is 296 g/mol. The van der Waals surface area contributed by atoms with Crippen LogP contribution in [0.3, 0.4) is 0 Å². The molecule has 0 bridgehead atoms. The van der Waals surface area contributed by atoms with Crippen molar-refractivity contribution in [3.05, 3.63) is 52.2 Å². The molecule has 2 N–H and O–H groups in total. The number of thiophene rings is 1. The van der Waals surface area contributed by atoms with E-state index in [2.05, 4.69) is 16.8 Å². The minimum Gasteiger partial charge on any atom is -0.324 e. The molecule has 0 radical (unpaired) electrons. The molecule has 0 saturated carbocycles. The second-order valence-corrected chi connectivity index (χ2v) is 6.28. The summed E-state index contributed by atoms with van der Waals surface area (Å²) in [6.45, 7) is 4.24. The lowest BCUT2D eigenvalue weighted by atomic mass is 10.1. The number of hydrogen-bond donors (Lipinski definition) is 2. The quantitative estimate of drug-likeness (QED) is 0.801. The second-order valence-electron chi connectivity index (χ2n) is 5.50. The number of quaternary nitrogens is 1. The molecule has 5 heteroatoms. The Morgan fingerprint density at radius 2 is 2.09 bits per heavy atom. The highest BCUT2D eigenvalue weighted by atomic mass is 32.1. The molecule has 0 aliphatic heterocycles. The number of ketones is 1. The molecule has 1 amide bonds. The molecule has 1 unspecified atom stereocenters. The molecule has 0 aliphatic rings. The number of benzene rings is 1. The molecule has 2 atom stereocenters. The highest BCUT2D eigenvalue weighted by Crippen LogP contribution is 2.11. The van der Waals surface area contributed by atoms with E-state index >= 15 is 0 Å². The number of rotatable bonds is 6. The topological polar surface area (TPSA) is 50.6 Å². The van der Waals surface area contributed by atoms with Crippen LogP contribution in [-0.4, -0.2) is 24.8 Å². The smallest absolute Gasteiger partial charge is 0.282 e. The Morgan fingerprint density at radius 1 is 1.32 bits per heavy atom. The number of likely N-dealkylation sites (N-methyl/N-ethyl adjacent to an activating group) is 1. The summed E-state index contributed by atoms with van der Waals surface area (Å²) in [7, 11) is 2.01. The highest BCUT2D eigenvalue weighted by Gasteiger charge is 2.22. The van der Waals surface area contributed by atoms with Crippen LogP contribution in [0, 0.1) is 0 Å². The van der Waals surface area contributed by atoms with Crippen LogP contribution < -0.4 is 10.2 Å². The largest absolute Gasteiger partial charge is 0.324 e. The number of Topliss-reactive ketones (excluding diaryl/α,β-unsaturated/α-hetero) is 1. The van der Waals surface area contributed by atoms with Gasteiger partial charge in [-0.3, -0.25) is 9.59 Å². The zero-order chi connectivity index (χ0) is 16.1. The van der Waals surface area contributed by atoms with Crippen LogP contribution in [0.15, 0.2) is 41.1 Å². The van der Waals surface area contributed by atoms with Gasteiger partial charge in [0.15, 0.2) is 11.8 Å². The fourth-order valence-corrected chi connectivity index (χ4v) is 2.83. The minimum absolute atomic E-state index is 0.00986. The summed E-state index contributed by atoms with van der Waals surface area (Å²) >= 11 is 1.66. The monoisotopic (exact) mass is 317 g/mol. The highest BCUT2D eigenvalue weighted by molar-refractivity contribution is 7.07. The van der Waals surface area contributed by atoms with Crippen molar-refractivity contribution in [2.75, 3.05) is 12.4 Å². The lowest BCUT2D eigenvalue weighted by molar-refractivity contribution is -0.907. The first kappa shape index (κ1) is 16.4. The fraction of sp³-hybridized carbons (Fsp3) is 0.294. The third-order valence-electron chi connectivity index (χ3n) is 3.73. The van der Waals surface area contributed by atoms with Gasteiger partial charge in [0.2, 0.25) is 0 Å². The standard InChI is InChI=1S/C17H20N2O2S/c1-12(19(3)10-14-7-8-22-11-14)17(21)18-16-6-4-5-15(9-16)13(2)20/h4-9,11-12H,10H2,1-3H3,(H,18,21)/p+1/t12-/m1/s1. The van der Waals surface area contributed by atoms with Crippen LogP contribution >= 0.6 is 11.3 Å². The van der Waals surface area contributed by atoms with Gasteiger partial charge in [-0.25, -0.2) is 0 Å². The van der Waals surface area contributed by atoms with Gasteiger partial charge in [0.1, 0.15) is 6.54 Å². The van der Waals surface area contributed by atoms with E-state index < -0.39 is 0 Å². The van der Waals surface area contributed by atoms with Gasteiger partial charge in [0.25, 0.3) is 5.91 Å². The molecule has 0 aliphatic carbocycles. The van der Waals surface area contributed by atoms with Gasteiger partial charge in [-0.15, -0.1) is 0 Å². The van der Waals surface area contributed by atoms with Crippen LogP contribution in [0.25, 0.3) is 0 Å². The molecule has 4 nitrogen and oxygen atoms in total. The first-order chi connectivity index (χ1) is 10.5. The van der Waals surface area contributed by atoms with Crippen LogP contribution in [0.1, 0.15) is 29.8 Å². The summed E-state index contributed by atoms with van der Waals surface area (Å²) in [4.78, 5) is 24.9. The Hall–Kier alpha value is -1.98. The number of nitrogens with one attached hydrogen (secondary N) is 2. The summed E-state index contributed by atoms with van der Waals surface area (Å²) in [5, 5.41) is 7.03. The van der Waals surface area contributed by atoms with E-state index in [1.165, 1.54) is 12.5 Å².